The van der Waals surface area contributed by atoms with Crippen LogP contribution in [0.2, 0.25) is 0 Å². The van der Waals surface area contributed by atoms with Gasteiger partial charge >= 0.3 is 0 Å². The van der Waals surface area contributed by atoms with E-state index in [1.807, 2.05) is 30.3 Å². The zero-order valence-corrected chi connectivity index (χ0v) is 9.34. The summed E-state index contributed by atoms with van der Waals surface area (Å²) in [5.41, 5.74) is 12.4. The number of amides is 1. The number of nitrogen functional groups attached to an aromatic ring is 1. The average molecular weight is 230 g/mol. The Hall–Kier alpha value is -2.30. The lowest BCUT2D eigenvalue weighted by Gasteiger charge is -2.01. The molecule has 5 nitrogen and oxygen atoms in total. The number of carbonyl (C=O) groups excluding carboxylic acids is 1. The maximum atomic E-state index is 11.0. The molecule has 1 heterocycles. The number of anilines is 1. The summed E-state index contributed by atoms with van der Waals surface area (Å²) in [6, 6.07) is 10.0. The van der Waals surface area contributed by atoms with Gasteiger partial charge in [-0.3, -0.25) is 9.48 Å². The number of carbonyl (C=O) groups is 1. The van der Waals surface area contributed by atoms with E-state index in [2.05, 4.69) is 5.10 Å². The Bertz CT molecular complexity index is 519. The van der Waals surface area contributed by atoms with Gasteiger partial charge in [0, 0.05) is 12.7 Å². The van der Waals surface area contributed by atoms with Crippen molar-refractivity contribution >= 4 is 11.6 Å². The number of primary amides is 1. The molecule has 0 radical (unpaired) electrons. The van der Waals surface area contributed by atoms with Crippen LogP contribution in [-0.2, 0) is 13.0 Å². The van der Waals surface area contributed by atoms with E-state index in [1.165, 1.54) is 5.56 Å². The first-order valence-electron chi connectivity index (χ1n) is 5.33. The Morgan fingerprint density at radius 3 is 2.59 bits per heavy atom. The summed E-state index contributed by atoms with van der Waals surface area (Å²) >= 11 is 0. The van der Waals surface area contributed by atoms with Gasteiger partial charge in [0.2, 0.25) is 0 Å². The molecule has 2 aromatic rings. The molecule has 1 amide bonds. The topological polar surface area (TPSA) is 86.9 Å². The number of hydrogen-bond acceptors (Lipinski definition) is 3. The maximum absolute atomic E-state index is 11.0. The number of nitrogens with two attached hydrogens (primary N) is 2. The van der Waals surface area contributed by atoms with E-state index in [4.69, 9.17) is 11.5 Å². The second kappa shape index (κ2) is 4.69. The lowest BCUT2D eigenvalue weighted by Crippen LogP contribution is -2.14. The third-order valence-electron chi connectivity index (χ3n) is 2.50. The molecular weight excluding hydrogens is 216 g/mol. The van der Waals surface area contributed by atoms with Gasteiger partial charge in [0.1, 0.15) is 0 Å². The molecule has 17 heavy (non-hydrogen) atoms. The first-order chi connectivity index (χ1) is 8.16. The Balaban J connectivity index is 2.05. The van der Waals surface area contributed by atoms with Crippen LogP contribution in [0.25, 0.3) is 0 Å². The predicted octanol–water partition coefficient (Wildman–Crippen LogP) is 0.807. The zero-order chi connectivity index (χ0) is 12.3. The lowest BCUT2D eigenvalue weighted by atomic mass is 10.1. The highest BCUT2D eigenvalue weighted by Gasteiger charge is 2.10. The van der Waals surface area contributed by atoms with Crippen molar-refractivity contribution < 1.29 is 4.79 Å². The number of benzene rings is 1. The number of rotatable bonds is 4. The zero-order valence-electron chi connectivity index (χ0n) is 9.34. The lowest BCUT2D eigenvalue weighted by molar-refractivity contribution is 0.0995. The summed E-state index contributed by atoms with van der Waals surface area (Å²) in [5, 5.41) is 4.04. The fraction of sp³-hybridized carbons (Fsp3) is 0.167. The summed E-state index contributed by atoms with van der Waals surface area (Å²) in [5.74, 6) is -0.596. The van der Waals surface area contributed by atoms with Crippen molar-refractivity contribution in [3.63, 3.8) is 0 Å². The van der Waals surface area contributed by atoms with Crippen LogP contribution in [0.1, 0.15) is 16.1 Å². The van der Waals surface area contributed by atoms with E-state index in [9.17, 15) is 4.79 Å². The molecule has 0 bridgehead atoms. The van der Waals surface area contributed by atoms with Gasteiger partial charge in [0.15, 0.2) is 5.69 Å². The summed E-state index contributed by atoms with van der Waals surface area (Å²) in [7, 11) is 0. The minimum absolute atomic E-state index is 0.137. The Morgan fingerprint density at radius 1 is 1.29 bits per heavy atom. The van der Waals surface area contributed by atoms with E-state index in [-0.39, 0.29) is 5.69 Å². The molecule has 5 heteroatoms. The summed E-state index contributed by atoms with van der Waals surface area (Å²) in [6.45, 7) is 0.668. The Morgan fingerprint density at radius 2 is 2.00 bits per heavy atom. The summed E-state index contributed by atoms with van der Waals surface area (Å²) in [6.07, 6.45) is 2.46. The molecule has 0 saturated carbocycles. The first-order valence-corrected chi connectivity index (χ1v) is 5.33. The Labute approximate surface area is 99.0 Å². The minimum Gasteiger partial charge on any atom is -0.396 e. The van der Waals surface area contributed by atoms with Gasteiger partial charge < -0.3 is 11.5 Å². The van der Waals surface area contributed by atoms with E-state index in [1.54, 1.807) is 10.9 Å². The molecule has 0 atom stereocenters. The van der Waals surface area contributed by atoms with Gasteiger partial charge in [-0.1, -0.05) is 30.3 Å². The van der Waals surface area contributed by atoms with E-state index >= 15 is 0 Å². The predicted molar refractivity (Wildman–Crippen MR) is 65.3 cm³/mol. The van der Waals surface area contributed by atoms with E-state index < -0.39 is 5.91 Å². The molecule has 1 aromatic carbocycles. The molecule has 88 valence electrons. The third kappa shape index (κ3) is 2.63. The highest BCUT2D eigenvalue weighted by molar-refractivity contribution is 5.95. The van der Waals surface area contributed by atoms with Crippen molar-refractivity contribution in [2.45, 2.75) is 13.0 Å². The van der Waals surface area contributed by atoms with Gasteiger partial charge in [-0.25, -0.2) is 0 Å². The van der Waals surface area contributed by atoms with Crippen LogP contribution in [0, 0.1) is 0 Å². The molecule has 0 aliphatic carbocycles. The van der Waals surface area contributed by atoms with Gasteiger partial charge in [-0.15, -0.1) is 0 Å². The molecule has 0 aliphatic rings. The molecule has 4 N–H and O–H groups in total. The van der Waals surface area contributed by atoms with Crippen LogP contribution in [0.3, 0.4) is 0 Å². The van der Waals surface area contributed by atoms with Crippen LogP contribution >= 0.6 is 0 Å². The first kappa shape index (κ1) is 11.2. The van der Waals surface area contributed by atoms with Gasteiger partial charge in [-0.2, -0.15) is 5.10 Å². The largest absolute Gasteiger partial charge is 0.396 e. The van der Waals surface area contributed by atoms with Gasteiger partial charge in [-0.05, 0) is 12.0 Å². The highest BCUT2D eigenvalue weighted by Crippen LogP contribution is 2.09. The molecule has 0 spiro atoms. The fourth-order valence-electron chi connectivity index (χ4n) is 1.63. The maximum Gasteiger partial charge on any atom is 0.271 e. The molecule has 0 saturated heterocycles. The van der Waals surface area contributed by atoms with Crippen molar-refractivity contribution in [3.05, 3.63) is 47.8 Å². The van der Waals surface area contributed by atoms with Crippen molar-refractivity contribution in [1.29, 1.82) is 0 Å². The molecule has 0 aliphatic heterocycles. The molecule has 0 unspecified atom stereocenters. The molecule has 1 aromatic heterocycles. The normalized spacial score (nSPS) is 10.4. The fourth-order valence-corrected chi connectivity index (χ4v) is 1.63. The van der Waals surface area contributed by atoms with Crippen molar-refractivity contribution in [1.82, 2.24) is 9.78 Å². The monoisotopic (exact) mass is 230 g/mol. The second-order valence-electron chi connectivity index (χ2n) is 3.80. The number of aromatic nitrogens is 2. The van der Waals surface area contributed by atoms with Crippen LogP contribution in [-0.4, -0.2) is 15.7 Å². The van der Waals surface area contributed by atoms with Gasteiger partial charge in [0.25, 0.3) is 5.91 Å². The van der Waals surface area contributed by atoms with Crippen molar-refractivity contribution in [2.75, 3.05) is 5.73 Å². The third-order valence-corrected chi connectivity index (χ3v) is 2.50. The molecule has 0 fully saturated rings. The second-order valence-corrected chi connectivity index (χ2v) is 3.80. The van der Waals surface area contributed by atoms with Crippen LogP contribution in [0.15, 0.2) is 36.5 Å². The average Bonchev–Trinajstić information content (AvgIpc) is 2.69. The smallest absolute Gasteiger partial charge is 0.271 e. The van der Waals surface area contributed by atoms with E-state index in [0.29, 0.717) is 12.2 Å². The van der Waals surface area contributed by atoms with Crippen molar-refractivity contribution in [3.8, 4) is 0 Å². The molecular formula is C12H14N4O. The SMILES string of the molecule is NC(=O)c1nn(CCc2ccccc2)cc1N. The number of hydrogen-bond donors (Lipinski definition) is 2. The van der Waals surface area contributed by atoms with Crippen LogP contribution in [0.4, 0.5) is 5.69 Å². The van der Waals surface area contributed by atoms with Crippen molar-refractivity contribution in [2.24, 2.45) is 5.73 Å². The standard InChI is InChI=1S/C12H14N4O/c13-10-8-16(15-11(10)12(14)17)7-6-9-4-2-1-3-5-9/h1-5,8H,6-7,13H2,(H2,14,17). The van der Waals surface area contributed by atoms with Crippen LogP contribution < -0.4 is 11.5 Å². The summed E-state index contributed by atoms with van der Waals surface area (Å²) < 4.78 is 1.64. The molecule has 2 rings (SSSR count). The Kier molecular flexibility index (Phi) is 3.09. The van der Waals surface area contributed by atoms with Gasteiger partial charge in [0.05, 0.1) is 5.69 Å². The highest BCUT2D eigenvalue weighted by atomic mass is 16.1. The van der Waals surface area contributed by atoms with E-state index in [0.717, 1.165) is 6.42 Å². The number of aryl methyl sites for hydroxylation is 2. The quantitative estimate of drug-likeness (QED) is 0.814. The summed E-state index contributed by atoms with van der Waals surface area (Å²) in [4.78, 5) is 11.0. The minimum atomic E-state index is -0.596. The number of nitrogens with zero attached hydrogens (tertiary/aromatic N) is 2. The van der Waals surface area contributed by atoms with Crippen LogP contribution in [0.5, 0.6) is 0 Å².